The Morgan fingerprint density at radius 3 is 2.96 bits per heavy atom. The first kappa shape index (κ1) is 18.2. The standard InChI is InChI=1S/C20H26N4O2/c1-3-21-20(24-12-10-16-7-4-5-9-18(16)24)23-15-17-8-6-11-22-19(17)26-14-13-25-2/h4-9,11H,3,10,12-15H2,1-2H3,(H,21,23). The number of aliphatic imine (C=N–C) groups is 1. The third-order valence-corrected chi connectivity index (χ3v) is 4.25. The van der Waals surface area contributed by atoms with Gasteiger partial charge in [0.1, 0.15) is 6.61 Å². The van der Waals surface area contributed by atoms with Crippen molar-refractivity contribution in [2.24, 2.45) is 4.99 Å². The predicted molar refractivity (Wildman–Crippen MR) is 104 cm³/mol. The lowest BCUT2D eigenvalue weighted by atomic mass is 10.2. The molecule has 0 saturated heterocycles. The summed E-state index contributed by atoms with van der Waals surface area (Å²) in [7, 11) is 1.66. The lowest BCUT2D eigenvalue weighted by molar-refractivity contribution is 0.143. The highest BCUT2D eigenvalue weighted by molar-refractivity contribution is 5.97. The first-order valence-corrected chi connectivity index (χ1v) is 9.03. The van der Waals surface area contributed by atoms with E-state index in [-0.39, 0.29) is 0 Å². The van der Waals surface area contributed by atoms with Gasteiger partial charge in [0.25, 0.3) is 0 Å². The summed E-state index contributed by atoms with van der Waals surface area (Å²) >= 11 is 0. The quantitative estimate of drug-likeness (QED) is 0.471. The minimum Gasteiger partial charge on any atom is -0.475 e. The van der Waals surface area contributed by atoms with Crippen molar-refractivity contribution < 1.29 is 9.47 Å². The van der Waals surface area contributed by atoms with Crippen molar-refractivity contribution in [1.82, 2.24) is 10.3 Å². The van der Waals surface area contributed by atoms with Gasteiger partial charge in [-0.3, -0.25) is 0 Å². The summed E-state index contributed by atoms with van der Waals surface area (Å²) in [4.78, 5) is 11.4. The number of benzene rings is 1. The van der Waals surface area contributed by atoms with E-state index in [1.807, 2.05) is 12.1 Å². The second-order valence-electron chi connectivity index (χ2n) is 6.01. The molecule has 0 bridgehead atoms. The molecule has 1 aliphatic heterocycles. The van der Waals surface area contributed by atoms with Crippen LogP contribution in [0.15, 0.2) is 47.6 Å². The molecule has 0 radical (unpaired) electrons. The Morgan fingerprint density at radius 1 is 1.23 bits per heavy atom. The van der Waals surface area contributed by atoms with Gasteiger partial charge in [-0.1, -0.05) is 24.3 Å². The van der Waals surface area contributed by atoms with Crippen LogP contribution >= 0.6 is 0 Å². The second kappa shape index (κ2) is 9.20. The number of guanidine groups is 1. The molecule has 6 heteroatoms. The van der Waals surface area contributed by atoms with Crippen LogP contribution in [0.3, 0.4) is 0 Å². The molecular weight excluding hydrogens is 328 g/mol. The van der Waals surface area contributed by atoms with Crippen molar-refractivity contribution in [3.8, 4) is 5.88 Å². The Kier molecular flexibility index (Phi) is 6.44. The molecule has 0 saturated carbocycles. The highest BCUT2D eigenvalue weighted by Gasteiger charge is 2.22. The predicted octanol–water partition coefficient (Wildman–Crippen LogP) is 2.64. The zero-order valence-corrected chi connectivity index (χ0v) is 15.4. The Balaban J connectivity index is 1.77. The Bertz CT molecular complexity index is 748. The van der Waals surface area contributed by atoms with E-state index in [0.29, 0.717) is 25.6 Å². The molecule has 2 aromatic rings. The van der Waals surface area contributed by atoms with Crippen LogP contribution < -0.4 is 15.0 Å². The van der Waals surface area contributed by atoms with Gasteiger partial charge < -0.3 is 19.7 Å². The number of aromatic nitrogens is 1. The second-order valence-corrected chi connectivity index (χ2v) is 6.01. The molecule has 0 aliphatic carbocycles. The fourth-order valence-corrected chi connectivity index (χ4v) is 3.01. The van der Waals surface area contributed by atoms with Crippen molar-refractivity contribution in [2.75, 3.05) is 38.3 Å². The van der Waals surface area contributed by atoms with Gasteiger partial charge in [0, 0.05) is 37.6 Å². The number of rotatable bonds is 7. The van der Waals surface area contributed by atoms with E-state index in [1.54, 1.807) is 13.3 Å². The number of hydrogen-bond donors (Lipinski definition) is 1. The van der Waals surface area contributed by atoms with Crippen LogP contribution in [0.2, 0.25) is 0 Å². The monoisotopic (exact) mass is 354 g/mol. The molecule has 0 atom stereocenters. The molecule has 0 spiro atoms. The van der Waals surface area contributed by atoms with E-state index < -0.39 is 0 Å². The number of fused-ring (bicyclic) bond motifs is 1. The minimum absolute atomic E-state index is 0.476. The molecule has 3 rings (SSSR count). The van der Waals surface area contributed by atoms with Crippen molar-refractivity contribution >= 4 is 11.6 Å². The maximum absolute atomic E-state index is 5.71. The maximum atomic E-state index is 5.71. The topological polar surface area (TPSA) is 59.0 Å². The summed E-state index contributed by atoms with van der Waals surface area (Å²) in [6.07, 6.45) is 2.77. The molecule has 1 N–H and O–H groups in total. The van der Waals surface area contributed by atoms with Gasteiger partial charge in [0.2, 0.25) is 5.88 Å². The smallest absolute Gasteiger partial charge is 0.218 e. The third-order valence-electron chi connectivity index (χ3n) is 4.25. The van der Waals surface area contributed by atoms with Crippen molar-refractivity contribution in [3.05, 3.63) is 53.7 Å². The SMILES string of the molecule is CCNC(=NCc1cccnc1OCCOC)N1CCc2ccccc21. The number of para-hydroxylation sites is 1. The molecular formula is C20H26N4O2. The summed E-state index contributed by atoms with van der Waals surface area (Å²) in [5, 5.41) is 3.40. The molecule has 6 nitrogen and oxygen atoms in total. The number of anilines is 1. The number of pyridine rings is 1. The Labute approximate surface area is 154 Å². The van der Waals surface area contributed by atoms with Crippen LogP contribution in [0.1, 0.15) is 18.1 Å². The largest absolute Gasteiger partial charge is 0.475 e. The lowest BCUT2D eigenvalue weighted by Gasteiger charge is -2.22. The van der Waals surface area contributed by atoms with Crippen molar-refractivity contribution in [2.45, 2.75) is 19.9 Å². The average molecular weight is 354 g/mol. The molecule has 2 heterocycles. The third kappa shape index (κ3) is 4.32. The van der Waals surface area contributed by atoms with Gasteiger partial charge in [0.15, 0.2) is 5.96 Å². The first-order valence-electron chi connectivity index (χ1n) is 9.03. The summed E-state index contributed by atoms with van der Waals surface area (Å²) in [5.41, 5.74) is 3.56. The van der Waals surface area contributed by atoms with Gasteiger partial charge in [-0.15, -0.1) is 0 Å². The van der Waals surface area contributed by atoms with Crippen LogP contribution in [-0.2, 0) is 17.7 Å². The zero-order valence-electron chi connectivity index (χ0n) is 15.4. The first-order chi connectivity index (χ1) is 12.8. The number of ether oxygens (including phenoxy) is 2. The van der Waals surface area contributed by atoms with E-state index in [9.17, 15) is 0 Å². The van der Waals surface area contributed by atoms with Crippen LogP contribution in [0.4, 0.5) is 5.69 Å². The fourth-order valence-electron chi connectivity index (χ4n) is 3.01. The molecule has 138 valence electrons. The van der Waals surface area contributed by atoms with Crippen LogP contribution in [0.5, 0.6) is 5.88 Å². The van der Waals surface area contributed by atoms with Gasteiger partial charge in [-0.2, -0.15) is 0 Å². The van der Waals surface area contributed by atoms with E-state index in [0.717, 1.165) is 31.0 Å². The van der Waals surface area contributed by atoms with Gasteiger partial charge in [-0.05, 0) is 31.0 Å². The Hall–Kier alpha value is -2.60. The van der Waals surface area contributed by atoms with Gasteiger partial charge >= 0.3 is 0 Å². The van der Waals surface area contributed by atoms with E-state index >= 15 is 0 Å². The van der Waals surface area contributed by atoms with E-state index in [1.165, 1.54) is 11.3 Å². The maximum Gasteiger partial charge on any atom is 0.218 e. The molecule has 0 fully saturated rings. The fraction of sp³-hybridized carbons (Fsp3) is 0.400. The molecule has 1 aliphatic rings. The summed E-state index contributed by atoms with van der Waals surface area (Å²) in [6.45, 7) is 5.37. The lowest BCUT2D eigenvalue weighted by Crippen LogP contribution is -2.40. The van der Waals surface area contributed by atoms with Crippen molar-refractivity contribution in [1.29, 1.82) is 0 Å². The Morgan fingerprint density at radius 2 is 2.12 bits per heavy atom. The number of nitrogens with zero attached hydrogens (tertiary/aromatic N) is 3. The van der Waals surface area contributed by atoms with Crippen LogP contribution in [0, 0.1) is 0 Å². The molecule has 1 aromatic heterocycles. The van der Waals surface area contributed by atoms with Crippen LogP contribution in [-0.4, -0.2) is 44.4 Å². The molecule has 26 heavy (non-hydrogen) atoms. The molecule has 1 aromatic carbocycles. The summed E-state index contributed by atoms with van der Waals surface area (Å²) < 4.78 is 10.7. The van der Waals surface area contributed by atoms with Gasteiger partial charge in [-0.25, -0.2) is 9.98 Å². The normalized spacial score (nSPS) is 13.6. The number of nitrogens with one attached hydrogen (secondary N) is 1. The summed E-state index contributed by atoms with van der Waals surface area (Å²) in [5.74, 6) is 1.51. The van der Waals surface area contributed by atoms with E-state index in [4.69, 9.17) is 14.5 Å². The highest BCUT2D eigenvalue weighted by atomic mass is 16.5. The average Bonchev–Trinajstić information content (AvgIpc) is 3.10. The van der Waals surface area contributed by atoms with E-state index in [2.05, 4.69) is 46.4 Å². The highest BCUT2D eigenvalue weighted by Crippen LogP contribution is 2.27. The summed E-state index contributed by atoms with van der Waals surface area (Å²) in [6, 6.07) is 12.4. The minimum atomic E-state index is 0.476. The van der Waals surface area contributed by atoms with Gasteiger partial charge in [0.05, 0.1) is 13.2 Å². The number of methoxy groups -OCH3 is 1. The molecule has 0 unspecified atom stereocenters. The molecule has 0 amide bonds. The van der Waals surface area contributed by atoms with Crippen molar-refractivity contribution in [3.63, 3.8) is 0 Å². The van der Waals surface area contributed by atoms with Crippen LogP contribution in [0.25, 0.3) is 0 Å². The zero-order chi connectivity index (χ0) is 18.2. The number of hydrogen-bond acceptors (Lipinski definition) is 4.